The van der Waals surface area contributed by atoms with E-state index in [-0.39, 0.29) is 5.75 Å². The molecule has 13 heavy (non-hydrogen) atoms. The van der Waals surface area contributed by atoms with Crippen LogP contribution in [-0.2, 0) is 6.42 Å². The Morgan fingerprint density at radius 1 is 1.46 bits per heavy atom. The fourth-order valence-corrected chi connectivity index (χ4v) is 0.987. The van der Waals surface area contributed by atoms with Crippen molar-refractivity contribution in [3.8, 4) is 5.75 Å². The summed E-state index contributed by atoms with van der Waals surface area (Å²) in [5.74, 6) is 0.0427. The summed E-state index contributed by atoms with van der Waals surface area (Å²) in [5.41, 5.74) is -2.84. The van der Waals surface area contributed by atoms with Gasteiger partial charge in [0.1, 0.15) is 5.75 Å². The minimum Gasteiger partial charge on any atom is -0.420 e. The third kappa shape index (κ3) is 3.59. The summed E-state index contributed by atoms with van der Waals surface area (Å²) >= 11 is 4.59. The van der Waals surface area contributed by atoms with E-state index in [1.807, 2.05) is 0 Å². The van der Waals surface area contributed by atoms with Crippen molar-refractivity contribution in [3.05, 3.63) is 36.8 Å². The number of halogens is 3. The standard InChI is InChI=1S/C9H8ClF2O/c1-2-7-4-3-5-8(6-7)13-9(10,11)12/h3-6H,1-2H2. The molecule has 0 aliphatic carbocycles. The van der Waals surface area contributed by atoms with Crippen molar-refractivity contribution in [2.75, 3.05) is 0 Å². The Bertz CT molecular complexity index is 283. The van der Waals surface area contributed by atoms with Crippen molar-refractivity contribution >= 4 is 11.6 Å². The van der Waals surface area contributed by atoms with Crippen LogP contribution >= 0.6 is 11.6 Å². The van der Waals surface area contributed by atoms with Crippen LogP contribution in [0.15, 0.2) is 24.3 Å². The first-order chi connectivity index (χ1) is 6.01. The van der Waals surface area contributed by atoms with Gasteiger partial charge in [0.15, 0.2) is 0 Å². The molecule has 1 nitrogen and oxygen atoms in total. The summed E-state index contributed by atoms with van der Waals surface area (Å²) < 4.78 is 28.5. The van der Waals surface area contributed by atoms with Gasteiger partial charge >= 0.3 is 5.57 Å². The Labute approximate surface area is 80.3 Å². The first kappa shape index (κ1) is 10.3. The van der Waals surface area contributed by atoms with E-state index >= 15 is 0 Å². The van der Waals surface area contributed by atoms with E-state index in [1.165, 1.54) is 12.1 Å². The quantitative estimate of drug-likeness (QED) is 0.689. The molecule has 0 heterocycles. The molecule has 0 aliphatic rings. The number of benzene rings is 1. The summed E-state index contributed by atoms with van der Waals surface area (Å²) in [6.45, 7) is 3.62. The lowest BCUT2D eigenvalue weighted by Gasteiger charge is -2.10. The molecule has 0 saturated carbocycles. The first-order valence-corrected chi connectivity index (χ1v) is 4.03. The Hall–Kier alpha value is -0.830. The van der Waals surface area contributed by atoms with Crippen LogP contribution in [0.1, 0.15) is 5.56 Å². The second-order valence-electron chi connectivity index (χ2n) is 2.45. The van der Waals surface area contributed by atoms with Crippen molar-refractivity contribution in [2.24, 2.45) is 0 Å². The smallest absolute Gasteiger partial charge is 0.420 e. The number of hydrogen-bond donors (Lipinski definition) is 0. The van der Waals surface area contributed by atoms with Crippen LogP contribution in [0.2, 0.25) is 0 Å². The van der Waals surface area contributed by atoms with E-state index in [4.69, 9.17) is 0 Å². The minimum atomic E-state index is -3.65. The van der Waals surface area contributed by atoms with Crippen molar-refractivity contribution in [1.29, 1.82) is 0 Å². The fraction of sp³-hybridized carbons (Fsp3) is 0.222. The molecule has 4 heteroatoms. The van der Waals surface area contributed by atoms with E-state index in [0.29, 0.717) is 6.42 Å². The van der Waals surface area contributed by atoms with Crippen LogP contribution in [0, 0.1) is 6.92 Å². The van der Waals surface area contributed by atoms with E-state index in [9.17, 15) is 8.78 Å². The second-order valence-corrected chi connectivity index (χ2v) is 2.89. The molecule has 0 unspecified atom stereocenters. The first-order valence-electron chi connectivity index (χ1n) is 3.65. The Morgan fingerprint density at radius 3 is 2.69 bits per heavy atom. The maximum atomic E-state index is 12.2. The van der Waals surface area contributed by atoms with Crippen LogP contribution in [-0.4, -0.2) is 5.57 Å². The van der Waals surface area contributed by atoms with Crippen molar-refractivity contribution < 1.29 is 13.5 Å². The van der Waals surface area contributed by atoms with Gasteiger partial charge in [0.05, 0.1) is 0 Å². The molecule has 1 aromatic carbocycles. The molecule has 0 aromatic heterocycles. The van der Waals surface area contributed by atoms with Gasteiger partial charge in [-0.05, 0) is 31.0 Å². The van der Waals surface area contributed by atoms with Crippen molar-refractivity contribution in [1.82, 2.24) is 0 Å². The van der Waals surface area contributed by atoms with Crippen LogP contribution in [0.4, 0.5) is 8.78 Å². The number of hydrogen-bond acceptors (Lipinski definition) is 1. The normalized spacial score (nSPS) is 11.4. The molecule has 0 fully saturated rings. The zero-order valence-electron chi connectivity index (χ0n) is 6.77. The van der Waals surface area contributed by atoms with Gasteiger partial charge in [0.2, 0.25) is 0 Å². The summed E-state index contributed by atoms with van der Waals surface area (Å²) in [6, 6.07) is 6.27. The molecule has 0 spiro atoms. The highest BCUT2D eigenvalue weighted by atomic mass is 35.5. The molecular formula is C9H8ClF2O. The van der Waals surface area contributed by atoms with Gasteiger partial charge < -0.3 is 4.74 Å². The zero-order chi connectivity index (χ0) is 9.90. The van der Waals surface area contributed by atoms with Gasteiger partial charge in [-0.2, -0.15) is 0 Å². The Balaban J connectivity index is 2.78. The molecule has 1 radical (unpaired) electrons. The lowest BCUT2D eigenvalue weighted by atomic mass is 10.2. The largest absolute Gasteiger partial charge is 0.487 e. The number of rotatable bonds is 3. The predicted molar refractivity (Wildman–Crippen MR) is 46.9 cm³/mol. The zero-order valence-corrected chi connectivity index (χ0v) is 7.52. The molecule has 71 valence electrons. The fourth-order valence-electron chi connectivity index (χ4n) is 0.898. The van der Waals surface area contributed by atoms with Gasteiger partial charge in [0.25, 0.3) is 0 Å². The van der Waals surface area contributed by atoms with Crippen LogP contribution in [0.25, 0.3) is 0 Å². The maximum absolute atomic E-state index is 12.2. The predicted octanol–water partition coefficient (Wildman–Crippen LogP) is 3.23. The van der Waals surface area contributed by atoms with E-state index in [1.54, 1.807) is 12.1 Å². The SMILES string of the molecule is [CH2]Cc1cccc(OC(F)(F)Cl)c1. The average Bonchev–Trinajstić information content (AvgIpc) is 2.01. The topological polar surface area (TPSA) is 9.23 Å². The van der Waals surface area contributed by atoms with Gasteiger partial charge in [-0.15, -0.1) is 8.78 Å². The van der Waals surface area contributed by atoms with Gasteiger partial charge in [-0.3, -0.25) is 0 Å². The molecule has 0 amide bonds. The van der Waals surface area contributed by atoms with E-state index < -0.39 is 5.57 Å². The maximum Gasteiger partial charge on any atom is 0.487 e. The van der Waals surface area contributed by atoms with E-state index in [0.717, 1.165) is 5.56 Å². The Morgan fingerprint density at radius 2 is 2.15 bits per heavy atom. The summed E-state index contributed by atoms with van der Waals surface area (Å²) in [7, 11) is 0. The average molecular weight is 206 g/mol. The van der Waals surface area contributed by atoms with Gasteiger partial charge in [-0.1, -0.05) is 12.1 Å². The monoisotopic (exact) mass is 205 g/mol. The van der Waals surface area contributed by atoms with Crippen LogP contribution < -0.4 is 4.74 Å². The van der Waals surface area contributed by atoms with Gasteiger partial charge in [-0.25, -0.2) is 0 Å². The number of alkyl halides is 3. The third-order valence-corrected chi connectivity index (χ3v) is 1.50. The minimum absolute atomic E-state index is 0.0427. The summed E-state index contributed by atoms with van der Waals surface area (Å²) in [6.07, 6.45) is 0.519. The van der Waals surface area contributed by atoms with E-state index in [2.05, 4.69) is 23.3 Å². The molecule has 0 atom stereocenters. The molecule has 1 aromatic rings. The van der Waals surface area contributed by atoms with Crippen molar-refractivity contribution in [3.63, 3.8) is 0 Å². The third-order valence-electron chi connectivity index (χ3n) is 1.42. The highest BCUT2D eigenvalue weighted by molar-refractivity contribution is 6.20. The van der Waals surface area contributed by atoms with Crippen LogP contribution in [0.5, 0.6) is 5.75 Å². The molecule has 0 aliphatic heterocycles. The summed E-state index contributed by atoms with van der Waals surface area (Å²) in [5, 5.41) is 0. The summed E-state index contributed by atoms with van der Waals surface area (Å²) in [4.78, 5) is 0. The highest BCUT2D eigenvalue weighted by Crippen LogP contribution is 2.25. The molecular weight excluding hydrogens is 198 g/mol. The van der Waals surface area contributed by atoms with Crippen LogP contribution in [0.3, 0.4) is 0 Å². The molecule has 0 saturated heterocycles. The molecule has 0 bridgehead atoms. The second kappa shape index (κ2) is 3.92. The lowest BCUT2D eigenvalue weighted by molar-refractivity contribution is -0.0965. The lowest BCUT2D eigenvalue weighted by Crippen LogP contribution is -2.15. The van der Waals surface area contributed by atoms with Gasteiger partial charge in [0, 0.05) is 11.6 Å². The Kier molecular flexibility index (Phi) is 3.09. The highest BCUT2D eigenvalue weighted by Gasteiger charge is 2.27. The number of ether oxygens (including phenoxy) is 1. The molecule has 1 rings (SSSR count). The molecule has 0 N–H and O–H groups in total. The van der Waals surface area contributed by atoms with Crippen molar-refractivity contribution in [2.45, 2.75) is 12.0 Å².